The van der Waals surface area contributed by atoms with Gasteiger partial charge in [0.25, 0.3) is 0 Å². The summed E-state index contributed by atoms with van der Waals surface area (Å²) in [6.45, 7) is 16.5. The molecule has 0 atom stereocenters. The fraction of sp³-hybridized carbons (Fsp3) is 0.412. The molecule has 0 N–H and O–H groups in total. The molecule has 220 valence electrons. The number of hydrogen-bond acceptors (Lipinski definition) is 6. The van der Waals surface area contributed by atoms with Crippen LogP contribution in [0.5, 0.6) is 11.5 Å². The molecule has 0 unspecified atom stereocenters. The van der Waals surface area contributed by atoms with E-state index in [0.717, 1.165) is 44.0 Å². The van der Waals surface area contributed by atoms with Gasteiger partial charge in [-0.3, -0.25) is 0 Å². The molecule has 2 heterocycles. The Hall–Kier alpha value is -3.03. The highest BCUT2D eigenvalue weighted by Crippen LogP contribution is 2.38. The second kappa shape index (κ2) is 10.9. The van der Waals surface area contributed by atoms with Crippen molar-refractivity contribution in [2.75, 3.05) is 14.2 Å². The quantitative estimate of drug-likeness (QED) is 0.270. The van der Waals surface area contributed by atoms with Crippen molar-refractivity contribution in [1.29, 1.82) is 0 Å². The molecular formula is C34H42B2O6. The zero-order valence-corrected chi connectivity index (χ0v) is 26.5. The van der Waals surface area contributed by atoms with Gasteiger partial charge in [-0.2, -0.15) is 0 Å². The lowest BCUT2D eigenvalue weighted by molar-refractivity contribution is 0.00578. The summed E-state index contributed by atoms with van der Waals surface area (Å²) in [7, 11) is 2.72. The van der Waals surface area contributed by atoms with Gasteiger partial charge in [-0.1, -0.05) is 48.5 Å². The van der Waals surface area contributed by atoms with Gasteiger partial charge in [0.2, 0.25) is 0 Å². The van der Waals surface area contributed by atoms with Gasteiger partial charge in [0.15, 0.2) is 0 Å². The fourth-order valence-corrected chi connectivity index (χ4v) is 4.99. The van der Waals surface area contributed by atoms with Gasteiger partial charge in [-0.05, 0) is 112 Å². The van der Waals surface area contributed by atoms with Crippen LogP contribution < -0.4 is 20.4 Å². The smallest absolute Gasteiger partial charge is 0.494 e. The number of rotatable bonds is 4. The van der Waals surface area contributed by atoms with Crippen molar-refractivity contribution >= 4 is 46.7 Å². The number of benzene rings is 4. The zero-order valence-electron chi connectivity index (χ0n) is 26.5. The lowest BCUT2D eigenvalue weighted by Gasteiger charge is -2.32. The lowest BCUT2D eigenvalue weighted by atomic mass is 9.78. The summed E-state index contributed by atoms with van der Waals surface area (Å²) in [5.74, 6) is 1.73. The van der Waals surface area contributed by atoms with Gasteiger partial charge in [-0.15, -0.1) is 0 Å². The fourth-order valence-electron chi connectivity index (χ4n) is 4.99. The molecule has 0 aliphatic carbocycles. The Balaban J connectivity index is 0.000000168. The molecule has 0 radical (unpaired) electrons. The van der Waals surface area contributed by atoms with E-state index in [-0.39, 0.29) is 36.6 Å². The standard InChI is InChI=1S/2C17H21BO3/c2*1-16(2)17(3,4)21-18(20-16)14-8-6-13-11-15(19-5)9-7-12(13)10-14/h2*6-11H,1-5H3. The maximum Gasteiger partial charge on any atom is 0.494 e. The molecule has 2 fully saturated rings. The van der Waals surface area contributed by atoms with E-state index in [4.69, 9.17) is 28.1 Å². The molecule has 0 aromatic heterocycles. The highest BCUT2D eigenvalue weighted by atomic mass is 16.7. The minimum atomic E-state index is -0.318. The molecular weight excluding hydrogens is 526 g/mol. The van der Waals surface area contributed by atoms with Crippen LogP contribution in [0.4, 0.5) is 0 Å². The van der Waals surface area contributed by atoms with Crippen molar-refractivity contribution in [2.45, 2.75) is 77.8 Å². The third-order valence-corrected chi connectivity index (χ3v) is 9.19. The summed E-state index contributed by atoms with van der Waals surface area (Å²) >= 11 is 0. The first-order valence-electron chi connectivity index (χ1n) is 14.5. The Morgan fingerprint density at radius 2 is 0.714 bits per heavy atom. The molecule has 8 heteroatoms. The van der Waals surface area contributed by atoms with Gasteiger partial charge >= 0.3 is 14.2 Å². The molecule has 2 aliphatic heterocycles. The minimum Gasteiger partial charge on any atom is -0.497 e. The van der Waals surface area contributed by atoms with Crippen LogP contribution >= 0.6 is 0 Å². The van der Waals surface area contributed by atoms with Gasteiger partial charge in [0.1, 0.15) is 11.5 Å². The van der Waals surface area contributed by atoms with Gasteiger partial charge < -0.3 is 28.1 Å². The van der Waals surface area contributed by atoms with Crippen molar-refractivity contribution < 1.29 is 28.1 Å². The molecule has 2 saturated heterocycles. The van der Waals surface area contributed by atoms with Crippen molar-refractivity contribution in [1.82, 2.24) is 0 Å². The molecule has 6 rings (SSSR count). The van der Waals surface area contributed by atoms with Crippen molar-refractivity contribution in [3.8, 4) is 11.5 Å². The first-order chi connectivity index (χ1) is 19.6. The summed E-state index contributed by atoms with van der Waals surface area (Å²) in [5.41, 5.74) is 0.843. The second-order valence-electron chi connectivity index (χ2n) is 13.1. The van der Waals surface area contributed by atoms with E-state index in [0.29, 0.717) is 0 Å². The Morgan fingerprint density at radius 3 is 1.02 bits per heavy atom. The van der Waals surface area contributed by atoms with Gasteiger partial charge in [0.05, 0.1) is 36.6 Å². The first kappa shape index (κ1) is 30.4. The highest BCUT2D eigenvalue weighted by Gasteiger charge is 2.52. The predicted octanol–water partition coefficient (Wildman–Crippen LogP) is 6.30. The summed E-state index contributed by atoms with van der Waals surface area (Å²) in [6, 6.07) is 24.6. The Morgan fingerprint density at radius 1 is 0.429 bits per heavy atom. The van der Waals surface area contributed by atoms with Crippen LogP contribution in [-0.4, -0.2) is 50.9 Å². The summed E-state index contributed by atoms with van der Waals surface area (Å²) in [5, 5.41) is 4.61. The lowest BCUT2D eigenvalue weighted by Crippen LogP contribution is -2.41. The molecule has 4 aromatic rings. The Bertz CT molecular complexity index is 1440. The van der Waals surface area contributed by atoms with Crippen LogP contribution in [-0.2, 0) is 18.6 Å². The minimum absolute atomic E-state index is 0.313. The van der Waals surface area contributed by atoms with E-state index in [9.17, 15) is 0 Å². The van der Waals surface area contributed by atoms with Crippen LogP contribution in [0.25, 0.3) is 21.5 Å². The summed E-state index contributed by atoms with van der Waals surface area (Å²) in [4.78, 5) is 0. The third kappa shape index (κ3) is 5.78. The molecule has 6 nitrogen and oxygen atoms in total. The SMILES string of the molecule is COc1ccc2cc(B3OC(C)(C)C(C)(C)O3)ccc2c1.COc1ccc2cc(B3OC(C)(C)C(C)(C)O3)ccc2c1. The molecule has 4 aromatic carbocycles. The monoisotopic (exact) mass is 568 g/mol. The van der Waals surface area contributed by atoms with Crippen LogP contribution in [0.3, 0.4) is 0 Å². The maximum atomic E-state index is 6.10. The van der Waals surface area contributed by atoms with E-state index < -0.39 is 0 Å². The Kier molecular flexibility index (Phi) is 7.90. The van der Waals surface area contributed by atoms with Crippen molar-refractivity contribution in [3.63, 3.8) is 0 Å². The molecule has 0 spiro atoms. The normalized spacial score (nSPS) is 20.0. The average molecular weight is 568 g/mol. The second-order valence-corrected chi connectivity index (χ2v) is 13.1. The largest absolute Gasteiger partial charge is 0.497 e. The van der Waals surface area contributed by atoms with Crippen LogP contribution in [0.15, 0.2) is 72.8 Å². The first-order valence-corrected chi connectivity index (χ1v) is 14.5. The van der Waals surface area contributed by atoms with Crippen molar-refractivity contribution in [3.05, 3.63) is 72.8 Å². The molecule has 2 aliphatic rings. The van der Waals surface area contributed by atoms with E-state index in [2.05, 4.69) is 104 Å². The molecule has 0 bridgehead atoms. The van der Waals surface area contributed by atoms with Crippen molar-refractivity contribution in [2.24, 2.45) is 0 Å². The van der Waals surface area contributed by atoms with Crippen LogP contribution in [0.2, 0.25) is 0 Å². The molecule has 0 saturated carbocycles. The van der Waals surface area contributed by atoms with Crippen LogP contribution in [0.1, 0.15) is 55.4 Å². The predicted molar refractivity (Wildman–Crippen MR) is 172 cm³/mol. The number of ether oxygens (including phenoxy) is 2. The average Bonchev–Trinajstić information content (AvgIpc) is 3.31. The van der Waals surface area contributed by atoms with E-state index in [1.165, 1.54) is 0 Å². The Labute approximate surface area is 250 Å². The summed E-state index contributed by atoms with van der Waals surface area (Å²) in [6.07, 6.45) is 0. The van der Waals surface area contributed by atoms with Gasteiger partial charge in [0, 0.05) is 0 Å². The highest BCUT2D eigenvalue weighted by molar-refractivity contribution is 6.62. The number of fused-ring (bicyclic) bond motifs is 2. The maximum absolute atomic E-state index is 6.10. The number of methoxy groups -OCH3 is 2. The zero-order chi connectivity index (χ0) is 30.5. The van der Waals surface area contributed by atoms with Gasteiger partial charge in [-0.25, -0.2) is 0 Å². The van der Waals surface area contributed by atoms with Crippen LogP contribution in [0, 0.1) is 0 Å². The third-order valence-electron chi connectivity index (χ3n) is 9.19. The topological polar surface area (TPSA) is 55.4 Å². The van der Waals surface area contributed by atoms with E-state index >= 15 is 0 Å². The number of hydrogen-bond donors (Lipinski definition) is 0. The van der Waals surface area contributed by atoms with E-state index in [1.807, 2.05) is 24.3 Å². The molecule has 42 heavy (non-hydrogen) atoms. The van der Waals surface area contributed by atoms with E-state index in [1.54, 1.807) is 14.2 Å². The molecule has 0 amide bonds. The summed E-state index contributed by atoms with van der Waals surface area (Å²) < 4.78 is 34.9.